The van der Waals surface area contributed by atoms with Crippen LogP contribution in [-0.4, -0.2) is 63.3 Å². The van der Waals surface area contributed by atoms with E-state index in [1.54, 1.807) is 12.4 Å². The molecule has 1 saturated heterocycles. The van der Waals surface area contributed by atoms with E-state index in [1.807, 2.05) is 19.1 Å². The Morgan fingerprint density at radius 3 is 2.93 bits per heavy atom. The molecule has 4 heterocycles. The number of aromatic nitrogens is 4. The van der Waals surface area contributed by atoms with E-state index in [-0.39, 0.29) is 11.9 Å². The zero-order valence-corrected chi connectivity index (χ0v) is 16.0. The highest BCUT2D eigenvalue weighted by atomic mass is 32.1. The summed E-state index contributed by atoms with van der Waals surface area (Å²) in [6.07, 6.45) is 3.47. The van der Waals surface area contributed by atoms with Crippen LogP contribution >= 0.6 is 11.3 Å². The van der Waals surface area contributed by atoms with E-state index >= 15 is 0 Å². The van der Waals surface area contributed by atoms with Crippen LogP contribution in [0.15, 0.2) is 24.5 Å². The van der Waals surface area contributed by atoms with Gasteiger partial charge in [0.1, 0.15) is 16.5 Å². The monoisotopic (exact) mass is 384 g/mol. The van der Waals surface area contributed by atoms with Crippen molar-refractivity contribution >= 4 is 33.8 Å². The Kier molecular flexibility index (Phi) is 5.06. The van der Waals surface area contributed by atoms with E-state index in [9.17, 15) is 4.79 Å². The molecular weight excluding hydrogens is 364 g/mol. The first-order valence-electron chi connectivity index (χ1n) is 8.76. The van der Waals surface area contributed by atoms with Crippen LogP contribution in [0, 0.1) is 6.92 Å². The minimum absolute atomic E-state index is 0.0790. The normalized spacial score (nSPS) is 17.9. The molecule has 0 saturated carbocycles. The molecular formula is C18H20N6O2S. The van der Waals surface area contributed by atoms with Crippen molar-refractivity contribution in [1.29, 1.82) is 0 Å². The second-order valence-electron chi connectivity index (χ2n) is 6.56. The third-order valence-corrected chi connectivity index (χ3v) is 5.33. The molecule has 9 heteroatoms. The van der Waals surface area contributed by atoms with Crippen molar-refractivity contribution in [3.05, 3.63) is 29.5 Å². The van der Waals surface area contributed by atoms with Gasteiger partial charge in [-0.05, 0) is 31.4 Å². The standard InChI is InChI=1S/C18H20N6O2S/c1-11-10-26-4-3-24(11)9-17(25)21-16-6-13-5-15(18-23-22-12(2)27-18)19-7-14(13)8-20-16/h5-8,11H,3-4,9-10H2,1-2H3,(H,20,21,25)/t11-/m1/s1. The van der Waals surface area contributed by atoms with Gasteiger partial charge in [0.05, 0.1) is 19.8 Å². The fourth-order valence-corrected chi connectivity index (χ4v) is 3.65. The number of ether oxygens (including phenoxy) is 1. The van der Waals surface area contributed by atoms with Crippen LogP contribution in [0.4, 0.5) is 5.82 Å². The number of fused-ring (bicyclic) bond motifs is 1. The van der Waals surface area contributed by atoms with Crippen LogP contribution in [0.2, 0.25) is 0 Å². The Balaban J connectivity index is 1.51. The van der Waals surface area contributed by atoms with Gasteiger partial charge in [-0.25, -0.2) is 4.98 Å². The summed E-state index contributed by atoms with van der Waals surface area (Å²) in [5.41, 5.74) is 0.763. The quantitative estimate of drug-likeness (QED) is 0.736. The third-order valence-electron chi connectivity index (χ3n) is 4.47. The van der Waals surface area contributed by atoms with Crippen molar-refractivity contribution in [2.45, 2.75) is 19.9 Å². The number of amides is 1. The van der Waals surface area contributed by atoms with Crippen molar-refractivity contribution in [2.75, 3.05) is 31.6 Å². The second kappa shape index (κ2) is 7.63. The molecule has 1 amide bonds. The molecule has 4 rings (SSSR count). The number of aryl methyl sites for hydroxylation is 1. The first kappa shape index (κ1) is 17.9. The van der Waals surface area contributed by atoms with Crippen LogP contribution in [0.1, 0.15) is 11.9 Å². The van der Waals surface area contributed by atoms with E-state index in [2.05, 4.69) is 37.3 Å². The molecule has 8 nitrogen and oxygen atoms in total. The van der Waals surface area contributed by atoms with Crippen LogP contribution < -0.4 is 5.32 Å². The van der Waals surface area contributed by atoms with E-state index in [1.165, 1.54) is 11.3 Å². The van der Waals surface area contributed by atoms with Crippen LogP contribution in [0.5, 0.6) is 0 Å². The van der Waals surface area contributed by atoms with Gasteiger partial charge in [0.15, 0.2) is 5.01 Å². The number of hydrogen-bond donors (Lipinski definition) is 1. The van der Waals surface area contributed by atoms with Gasteiger partial charge in [-0.3, -0.25) is 14.7 Å². The molecule has 0 unspecified atom stereocenters. The van der Waals surface area contributed by atoms with E-state index < -0.39 is 0 Å². The van der Waals surface area contributed by atoms with Gasteiger partial charge in [0, 0.05) is 30.4 Å². The highest BCUT2D eigenvalue weighted by molar-refractivity contribution is 7.14. The Morgan fingerprint density at radius 2 is 2.15 bits per heavy atom. The van der Waals surface area contributed by atoms with Crippen molar-refractivity contribution in [3.63, 3.8) is 0 Å². The molecule has 3 aromatic heterocycles. The number of rotatable bonds is 4. The summed E-state index contributed by atoms with van der Waals surface area (Å²) >= 11 is 1.50. The lowest BCUT2D eigenvalue weighted by molar-refractivity contribution is -0.119. The number of hydrogen-bond acceptors (Lipinski definition) is 8. The van der Waals surface area contributed by atoms with Gasteiger partial charge in [0.2, 0.25) is 5.91 Å². The number of carbonyl (C=O) groups excluding carboxylic acids is 1. The molecule has 1 aliphatic heterocycles. The van der Waals surface area contributed by atoms with Crippen LogP contribution in [0.25, 0.3) is 21.5 Å². The summed E-state index contributed by atoms with van der Waals surface area (Å²) in [7, 11) is 0. The highest BCUT2D eigenvalue weighted by Crippen LogP contribution is 2.25. The van der Waals surface area contributed by atoms with Crippen molar-refractivity contribution in [2.24, 2.45) is 0 Å². The van der Waals surface area contributed by atoms with E-state index in [0.29, 0.717) is 25.6 Å². The van der Waals surface area contributed by atoms with E-state index in [4.69, 9.17) is 4.74 Å². The lowest BCUT2D eigenvalue weighted by atomic mass is 10.2. The predicted molar refractivity (Wildman–Crippen MR) is 104 cm³/mol. The van der Waals surface area contributed by atoms with Gasteiger partial charge in [-0.1, -0.05) is 11.3 Å². The Morgan fingerprint density at radius 1 is 1.30 bits per heavy atom. The predicted octanol–water partition coefficient (Wildman–Crippen LogP) is 2.12. The average molecular weight is 384 g/mol. The summed E-state index contributed by atoms with van der Waals surface area (Å²) in [5.74, 6) is 0.448. The van der Waals surface area contributed by atoms with Gasteiger partial charge < -0.3 is 10.1 Å². The lowest BCUT2D eigenvalue weighted by Crippen LogP contribution is -2.47. The number of pyridine rings is 2. The van der Waals surface area contributed by atoms with Crippen molar-refractivity contribution < 1.29 is 9.53 Å². The van der Waals surface area contributed by atoms with E-state index in [0.717, 1.165) is 33.0 Å². The van der Waals surface area contributed by atoms with Gasteiger partial charge in [-0.2, -0.15) is 0 Å². The zero-order chi connectivity index (χ0) is 18.8. The minimum atomic E-state index is -0.0790. The first-order valence-corrected chi connectivity index (χ1v) is 9.58. The fraction of sp³-hybridized carbons (Fsp3) is 0.389. The molecule has 1 fully saturated rings. The summed E-state index contributed by atoms with van der Waals surface area (Å²) in [6, 6.07) is 4.03. The maximum absolute atomic E-state index is 12.4. The summed E-state index contributed by atoms with van der Waals surface area (Å²) in [4.78, 5) is 23.3. The van der Waals surface area contributed by atoms with Crippen LogP contribution in [-0.2, 0) is 9.53 Å². The maximum atomic E-state index is 12.4. The van der Waals surface area contributed by atoms with Gasteiger partial charge in [-0.15, -0.1) is 10.2 Å². The molecule has 0 spiro atoms. The molecule has 0 bridgehead atoms. The molecule has 1 N–H and O–H groups in total. The molecule has 0 radical (unpaired) electrons. The second-order valence-corrected chi connectivity index (χ2v) is 7.74. The number of anilines is 1. The Hall–Kier alpha value is -2.49. The number of morpholine rings is 1. The molecule has 140 valence electrons. The van der Waals surface area contributed by atoms with Gasteiger partial charge >= 0.3 is 0 Å². The summed E-state index contributed by atoms with van der Waals surface area (Å²) < 4.78 is 5.41. The van der Waals surface area contributed by atoms with Crippen LogP contribution in [0.3, 0.4) is 0 Å². The molecule has 3 aromatic rings. The molecule has 0 aromatic carbocycles. The third kappa shape index (κ3) is 4.10. The first-order chi connectivity index (χ1) is 13.1. The lowest BCUT2D eigenvalue weighted by Gasteiger charge is -2.32. The largest absolute Gasteiger partial charge is 0.379 e. The fourth-order valence-electron chi connectivity index (χ4n) is 2.99. The Bertz CT molecular complexity index is 975. The number of nitrogens with zero attached hydrogens (tertiary/aromatic N) is 5. The van der Waals surface area contributed by atoms with Gasteiger partial charge in [0.25, 0.3) is 0 Å². The average Bonchev–Trinajstić information content (AvgIpc) is 3.09. The molecule has 1 atom stereocenters. The van der Waals surface area contributed by atoms with Crippen molar-refractivity contribution in [3.8, 4) is 10.7 Å². The maximum Gasteiger partial charge on any atom is 0.239 e. The highest BCUT2D eigenvalue weighted by Gasteiger charge is 2.21. The summed E-state index contributed by atoms with van der Waals surface area (Å²) in [6.45, 7) is 6.38. The van der Waals surface area contributed by atoms with Crippen molar-refractivity contribution in [1.82, 2.24) is 25.1 Å². The molecule has 0 aliphatic carbocycles. The topological polar surface area (TPSA) is 93.1 Å². The zero-order valence-electron chi connectivity index (χ0n) is 15.2. The molecule has 27 heavy (non-hydrogen) atoms. The smallest absolute Gasteiger partial charge is 0.239 e. The Labute approximate surface area is 160 Å². The number of nitrogens with one attached hydrogen (secondary N) is 1. The SMILES string of the molecule is Cc1nnc(-c2cc3cc(NC(=O)CN4CCOC[C@H]4C)ncc3cn2)s1. The number of carbonyl (C=O) groups is 1. The minimum Gasteiger partial charge on any atom is -0.379 e. The molecule has 1 aliphatic rings. The summed E-state index contributed by atoms with van der Waals surface area (Å²) in [5, 5.41) is 14.6.